The quantitative estimate of drug-likeness (QED) is 0.737. The molecule has 0 spiro atoms. The third kappa shape index (κ3) is 4.24. The second-order valence-electron chi connectivity index (χ2n) is 4.89. The number of amides is 1. The first-order chi connectivity index (χ1) is 8.81. The van der Waals surface area contributed by atoms with Gasteiger partial charge in [0.1, 0.15) is 6.04 Å². The van der Waals surface area contributed by atoms with Crippen LogP contribution in [0.15, 0.2) is 17.1 Å². The van der Waals surface area contributed by atoms with Crippen LogP contribution in [-0.4, -0.2) is 28.0 Å². The number of carboxylic acids is 1. The van der Waals surface area contributed by atoms with Crippen LogP contribution in [0.4, 0.5) is 0 Å². The van der Waals surface area contributed by atoms with Crippen molar-refractivity contribution in [3.63, 3.8) is 0 Å². The number of aromatic amines is 1. The van der Waals surface area contributed by atoms with Crippen molar-refractivity contribution in [1.29, 1.82) is 0 Å². The zero-order valence-electron chi connectivity index (χ0n) is 11.2. The molecule has 1 rings (SSSR count). The first-order valence-corrected chi connectivity index (χ1v) is 6.04. The number of aryl methyl sites for hydroxylation is 1. The van der Waals surface area contributed by atoms with E-state index in [1.165, 1.54) is 12.3 Å². The van der Waals surface area contributed by atoms with Crippen LogP contribution in [0.2, 0.25) is 0 Å². The molecule has 3 N–H and O–H groups in total. The minimum absolute atomic E-state index is 0.151. The Morgan fingerprint density at radius 2 is 2.05 bits per heavy atom. The number of aromatic nitrogens is 1. The predicted molar refractivity (Wildman–Crippen MR) is 70.1 cm³/mol. The second-order valence-corrected chi connectivity index (χ2v) is 4.89. The molecule has 1 atom stereocenters. The highest BCUT2D eigenvalue weighted by molar-refractivity contribution is 5.97. The molecular weight excluding hydrogens is 248 g/mol. The summed E-state index contributed by atoms with van der Waals surface area (Å²) in [6.07, 6.45) is 1.64. The van der Waals surface area contributed by atoms with Crippen molar-refractivity contribution < 1.29 is 14.7 Å². The molecule has 0 radical (unpaired) electrons. The maximum Gasteiger partial charge on any atom is 0.326 e. The largest absolute Gasteiger partial charge is 0.480 e. The van der Waals surface area contributed by atoms with E-state index in [1.807, 2.05) is 13.8 Å². The standard InChI is InChI=1S/C13H18N2O4/c1-7(2)4-10(13(18)19)15-12(17)9-6-14-11(16)5-8(9)3/h5-7,10H,4H2,1-3H3,(H,14,16)(H,15,17)(H,18,19)/t10-/m0/s1. The lowest BCUT2D eigenvalue weighted by Gasteiger charge is -2.17. The summed E-state index contributed by atoms with van der Waals surface area (Å²) in [5, 5.41) is 11.5. The summed E-state index contributed by atoms with van der Waals surface area (Å²) in [6, 6.07) is 0.367. The number of H-pyrrole nitrogens is 1. The van der Waals surface area contributed by atoms with Crippen molar-refractivity contribution in [3.8, 4) is 0 Å². The lowest BCUT2D eigenvalue weighted by Crippen LogP contribution is -2.42. The number of carboxylic acid groups (broad SMARTS) is 1. The molecule has 0 bridgehead atoms. The van der Waals surface area contributed by atoms with Crippen molar-refractivity contribution in [2.45, 2.75) is 33.2 Å². The number of rotatable bonds is 5. The Morgan fingerprint density at radius 3 is 2.53 bits per heavy atom. The van der Waals surface area contributed by atoms with Gasteiger partial charge in [0, 0.05) is 12.3 Å². The topological polar surface area (TPSA) is 99.3 Å². The third-order valence-corrected chi connectivity index (χ3v) is 2.69. The Hall–Kier alpha value is -2.11. The zero-order chi connectivity index (χ0) is 14.6. The van der Waals surface area contributed by atoms with Gasteiger partial charge < -0.3 is 15.4 Å². The van der Waals surface area contributed by atoms with Gasteiger partial charge in [-0.25, -0.2) is 4.79 Å². The number of nitrogens with one attached hydrogen (secondary N) is 2. The van der Waals surface area contributed by atoms with Crippen LogP contribution in [0.25, 0.3) is 0 Å². The fourth-order valence-corrected chi connectivity index (χ4v) is 1.75. The lowest BCUT2D eigenvalue weighted by atomic mass is 10.0. The van der Waals surface area contributed by atoms with E-state index >= 15 is 0 Å². The summed E-state index contributed by atoms with van der Waals surface area (Å²) in [4.78, 5) is 36.5. The number of aliphatic carboxylic acids is 1. The molecule has 19 heavy (non-hydrogen) atoms. The fraction of sp³-hybridized carbons (Fsp3) is 0.462. The van der Waals surface area contributed by atoms with E-state index in [-0.39, 0.29) is 17.0 Å². The van der Waals surface area contributed by atoms with Crippen LogP contribution in [0.3, 0.4) is 0 Å². The number of hydrogen-bond acceptors (Lipinski definition) is 3. The van der Waals surface area contributed by atoms with Gasteiger partial charge in [0.2, 0.25) is 5.56 Å². The highest BCUT2D eigenvalue weighted by atomic mass is 16.4. The van der Waals surface area contributed by atoms with Gasteiger partial charge in [-0.1, -0.05) is 13.8 Å². The van der Waals surface area contributed by atoms with Crippen molar-refractivity contribution in [2.75, 3.05) is 0 Å². The first kappa shape index (κ1) is 14.9. The smallest absolute Gasteiger partial charge is 0.326 e. The van der Waals surface area contributed by atoms with E-state index in [0.717, 1.165) is 0 Å². The summed E-state index contributed by atoms with van der Waals surface area (Å²) < 4.78 is 0. The van der Waals surface area contributed by atoms with Crippen LogP contribution in [0, 0.1) is 12.8 Å². The third-order valence-electron chi connectivity index (χ3n) is 2.69. The van der Waals surface area contributed by atoms with Crippen LogP contribution in [0.1, 0.15) is 36.2 Å². The van der Waals surface area contributed by atoms with Crippen molar-refractivity contribution in [1.82, 2.24) is 10.3 Å². The molecule has 0 aliphatic carbocycles. The van der Waals surface area contributed by atoms with E-state index in [2.05, 4.69) is 10.3 Å². The van der Waals surface area contributed by atoms with Gasteiger partial charge in [0.05, 0.1) is 5.56 Å². The molecule has 0 saturated heterocycles. The minimum atomic E-state index is -1.07. The molecule has 0 aliphatic heterocycles. The molecule has 1 heterocycles. The van der Waals surface area contributed by atoms with Crippen LogP contribution >= 0.6 is 0 Å². The molecule has 0 aromatic carbocycles. The predicted octanol–water partition coefficient (Wildman–Crippen LogP) is 0.912. The summed E-state index contributed by atoms with van der Waals surface area (Å²) in [5.74, 6) is -1.41. The lowest BCUT2D eigenvalue weighted by molar-refractivity contribution is -0.139. The van der Waals surface area contributed by atoms with Gasteiger partial charge in [0.15, 0.2) is 0 Å². The molecule has 1 aromatic heterocycles. The monoisotopic (exact) mass is 266 g/mol. The molecule has 0 saturated carbocycles. The van der Waals surface area contributed by atoms with Gasteiger partial charge in [-0.05, 0) is 24.8 Å². The average molecular weight is 266 g/mol. The molecule has 1 aromatic rings. The molecule has 104 valence electrons. The highest BCUT2D eigenvalue weighted by Gasteiger charge is 2.22. The van der Waals surface area contributed by atoms with E-state index < -0.39 is 17.9 Å². The van der Waals surface area contributed by atoms with Crippen molar-refractivity contribution in [3.05, 3.63) is 33.7 Å². The van der Waals surface area contributed by atoms with Gasteiger partial charge in [0.25, 0.3) is 5.91 Å². The number of hydrogen-bond donors (Lipinski definition) is 3. The van der Waals surface area contributed by atoms with Crippen LogP contribution < -0.4 is 10.9 Å². The Morgan fingerprint density at radius 1 is 1.42 bits per heavy atom. The maximum atomic E-state index is 12.0. The Kier molecular flexibility index (Phi) is 4.86. The first-order valence-electron chi connectivity index (χ1n) is 6.04. The summed E-state index contributed by atoms with van der Waals surface area (Å²) in [6.45, 7) is 5.39. The minimum Gasteiger partial charge on any atom is -0.480 e. The summed E-state index contributed by atoms with van der Waals surface area (Å²) >= 11 is 0. The number of carbonyl (C=O) groups is 2. The number of carbonyl (C=O) groups excluding carboxylic acids is 1. The molecule has 0 fully saturated rings. The second kappa shape index (κ2) is 6.17. The highest BCUT2D eigenvalue weighted by Crippen LogP contribution is 2.08. The van der Waals surface area contributed by atoms with Gasteiger partial charge in [-0.15, -0.1) is 0 Å². The van der Waals surface area contributed by atoms with Gasteiger partial charge >= 0.3 is 5.97 Å². The molecule has 0 unspecified atom stereocenters. The summed E-state index contributed by atoms with van der Waals surface area (Å²) in [5.41, 5.74) is 0.482. The fourth-order valence-electron chi connectivity index (χ4n) is 1.75. The molecular formula is C13H18N2O4. The van der Waals surface area contributed by atoms with Crippen LogP contribution in [-0.2, 0) is 4.79 Å². The average Bonchev–Trinajstić information content (AvgIpc) is 2.26. The van der Waals surface area contributed by atoms with E-state index in [1.54, 1.807) is 6.92 Å². The van der Waals surface area contributed by atoms with E-state index in [9.17, 15) is 14.4 Å². The zero-order valence-corrected chi connectivity index (χ0v) is 11.2. The Balaban J connectivity index is 2.87. The molecule has 0 aliphatic rings. The Bertz CT molecular complexity index is 534. The van der Waals surface area contributed by atoms with E-state index in [0.29, 0.717) is 12.0 Å². The van der Waals surface area contributed by atoms with Crippen molar-refractivity contribution in [2.24, 2.45) is 5.92 Å². The maximum absolute atomic E-state index is 12.0. The molecule has 6 heteroatoms. The Labute approximate surface area is 110 Å². The van der Waals surface area contributed by atoms with Crippen molar-refractivity contribution >= 4 is 11.9 Å². The van der Waals surface area contributed by atoms with E-state index in [4.69, 9.17) is 5.11 Å². The SMILES string of the molecule is Cc1cc(=O)[nH]cc1C(=O)N[C@@H](CC(C)C)C(=O)O. The number of pyridine rings is 1. The summed E-state index contributed by atoms with van der Waals surface area (Å²) in [7, 11) is 0. The molecule has 1 amide bonds. The van der Waals surface area contributed by atoms with Crippen LogP contribution in [0.5, 0.6) is 0 Å². The van der Waals surface area contributed by atoms with Gasteiger partial charge in [-0.3, -0.25) is 9.59 Å². The molecule has 6 nitrogen and oxygen atoms in total. The normalized spacial score (nSPS) is 12.2. The van der Waals surface area contributed by atoms with Gasteiger partial charge in [-0.2, -0.15) is 0 Å².